The molecule has 1 aromatic carbocycles. The van der Waals surface area contributed by atoms with E-state index >= 15 is 0 Å². The Labute approximate surface area is 160 Å². The number of nitrogens with zero attached hydrogens (tertiary/aromatic N) is 1. The first-order valence-corrected chi connectivity index (χ1v) is 10.6. The Morgan fingerprint density at radius 2 is 1.70 bits per heavy atom. The number of aliphatic carboxylic acids is 1. The van der Waals surface area contributed by atoms with Gasteiger partial charge >= 0.3 is 5.97 Å². The third kappa shape index (κ3) is 5.52. The van der Waals surface area contributed by atoms with E-state index < -0.39 is 16.0 Å². The van der Waals surface area contributed by atoms with Crippen molar-refractivity contribution in [2.24, 2.45) is 5.92 Å². The van der Waals surface area contributed by atoms with Gasteiger partial charge in [-0.2, -0.15) is 4.31 Å². The van der Waals surface area contributed by atoms with Crippen molar-refractivity contribution in [3.05, 3.63) is 29.8 Å². The number of carboxylic acids is 1. The highest BCUT2D eigenvalue weighted by atomic mass is 32.2. The smallest absolute Gasteiger partial charge is 0.305 e. The SMILES string of the molecule is CC(C)(C)c1ccc(S(=O)(=O)N2CCC(C(=O)NCCC(=O)O)CC2)cc1. The van der Waals surface area contributed by atoms with Gasteiger partial charge in [0.1, 0.15) is 0 Å². The first kappa shape index (κ1) is 21.4. The summed E-state index contributed by atoms with van der Waals surface area (Å²) in [6.07, 6.45) is 0.736. The van der Waals surface area contributed by atoms with Crippen molar-refractivity contribution in [2.75, 3.05) is 19.6 Å². The minimum Gasteiger partial charge on any atom is -0.481 e. The van der Waals surface area contributed by atoms with E-state index in [2.05, 4.69) is 26.1 Å². The van der Waals surface area contributed by atoms with Crippen LogP contribution in [0.1, 0.15) is 45.6 Å². The summed E-state index contributed by atoms with van der Waals surface area (Å²) >= 11 is 0. The van der Waals surface area contributed by atoms with E-state index in [4.69, 9.17) is 5.11 Å². The molecule has 1 saturated heterocycles. The van der Waals surface area contributed by atoms with Crippen LogP contribution in [0.5, 0.6) is 0 Å². The molecule has 0 unspecified atom stereocenters. The Balaban J connectivity index is 1.96. The van der Waals surface area contributed by atoms with Gasteiger partial charge in [0.25, 0.3) is 0 Å². The van der Waals surface area contributed by atoms with Crippen molar-refractivity contribution in [2.45, 2.75) is 50.3 Å². The van der Waals surface area contributed by atoms with Gasteiger partial charge in [0.15, 0.2) is 0 Å². The lowest BCUT2D eigenvalue weighted by molar-refractivity contribution is -0.137. The monoisotopic (exact) mass is 396 g/mol. The number of sulfonamides is 1. The van der Waals surface area contributed by atoms with Gasteiger partial charge in [-0.05, 0) is 36.0 Å². The Kier molecular flexibility index (Phi) is 6.64. The third-order valence-corrected chi connectivity index (χ3v) is 6.73. The topological polar surface area (TPSA) is 104 Å². The molecule has 0 saturated carbocycles. The fourth-order valence-electron chi connectivity index (χ4n) is 3.07. The summed E-state index contributed by atoms with van der Waals surface area (Å²) in [6.45, 7) is 6.86. The molecule has 27 heavy (non-hydrogen) atoms. The van der Waals surface area contributed by atoms with Gasteiger partial charge in [-0.1, -0.05) is 32.9 Å². The molecule has 1 aliphatic heterocycles. The summed E-state index contributed by atoms with van der Waals surface area (Å²) in [6, 6.07) is 6.96. The Morgan fingerprint density at radius 3 is 2.19 bits per heavy atom. The second-order valence-electron chi connectivity index (χ2n) is 7.89. The van der Waals surface area contributed by atoms with Crippen molar-refractivity contribution in [1.29, 1.82) is 0 Å². The molecule has 1 aliphatic rings. The lowest BCUT2D eigenvalue weighted by Crippen LogP contribution is -2.43. The number of rotatable bonds is 6. The van der Waals surface area contributed by atoms with Gasteiger partial charge in [-0.15, -0.1) is 0 Å². The predicted molar refractivity (Wildman–Crippen MR) is 102 cm³/mol. The molecule has 1 fully saturated rings. The average Bonchev–Trinajstić information content (AvgIpc) is 2.61. The van der Waals surface area contributed by atoms with Crippen LogP contribution in [0.3, 0.4) is 0 Å². The fourth-order valence-corrected chi connectivity index (χ4v) is 4.54. The Morgan fingerprint density at radius 1 is 1.15 bits per heavy atom. The number of hydrogen-bond donors (Lipinski definition) is 2. The van der Waals surface area contributed by atoms with Gasteiger partial charge < -0.3 is 10.4 Å². The van der Waals surface area contributed by atoms with Crippen LogP contribution in [0.25, 0.3) is 0 Å². The first-order chi connectivity index (χ1) is 12.5. The molecule has 150 valence electrons. The summed E-state index contributed by atoms with van der Waals surface area (Å²) < 4.78 is 27.1. The number of carbonyl (C=O) groups is 2. The number of amides is 1. The fraction of sp³-hybridized carbons (Fsp3) is 0.579. The highest BCUT2D eigenvalue weighted by molar-refractivity contribution is 7.89. The van der Waals surface area contributed by atoms with Crippen molar-refractivity contribution in [3.8, 4) is 0 Å². The zero-order valence-electron chi connectivity index (χ0n) is 16.1. The molecule has 0 atom stereocenters. The molecule has 0 bridgehead atoms. The number of hydrogen-bond acceptors (Lipinski definition) is 4. The Hall–Kier alpha value is -1.93. The minimum absolute atomic E-state index is 0.0470. The molecule has 2 rings (SSSR count). The van der Waals surface area contributed by atoms with Gasteiger partial charge in [-0.25, -0.2) is 8.42 Å². The van der Waals surface area contributed by atoms with E-state index in [0.29, 0.717) is 12.8 Å². The summed E-state index contributed by atoms with van der Waals surface area (Å²) in [4.78, 5) is 22.8. The average molecular weight is 397 g/mol. The minimum atomic E-state index is -3.58. The number of benzene rings is 1. The number of nitrogens with one attached hydrogen (secondary N) is 1. The lowest BCUT2D eigenvalue weighted by Gasteiger charge is -2.30. The predicted octanol–water partition coefficient (Wildman–Crippen LogP) is 1.98. The molecule has 0 aliphatic carbocycles. The van der Waals surface area contributed by atoms with Crippen molar-refractivity contribution < 1.29 is 23.1 Å². The molecular formula is C19H28N2O5S. The molecular weight excluding hydrogens is 368 g/mol. The molecule has 0 spiro atoms. The zero-order valence-corrected chi connectivity index (χ0v) is 16.9. The van der Waals surface area contributed by atoms with Crippen LogP contribution >= 0.6 is 0 Å². The van der Waals surface area contributed by atoms with Crippen molar-refractivity contribution >= 4 is 21.9 Å². The molecule has 7 nitrogen and oxygen atoms in total. The maximum Gasteiger partial charge on any atom is 0.305 e. The van der Waals surface area contributed by atoms with Crippen LogP contribution in [0, 0.1) is 5.92 Å². The second-order valence-corrected chi connectivity index (χ2v) is 9.83. The van der Waals surface area contributed by atoms with Crippen molar-refractivity contribution in [1.82, 2.24) is 9.62 Å². The molecule has 8 heteroatoms. The van der Waals surface area contributed by atoms with Gasteiger partial charge in [-0.3, -0.25) is 9.59 Å². The summed E-state index contributed by atoms with van der Waals surface area (Å²) in [5, 5.41) is 11.2. The van der Waals surface area contributed by atoms with Gasteiger partial charge in [0.2, 0.25) is 15.9 Å². The van der Waals surface area contributed by atoms with Gasteiger partial charge in [0.05, 0.1) is 11.3 Å². The third-order valence-electron chi connectivity index (χ3n) is 4.82. The molecule has 1 heterocycles. The maximum atomic E-state index is 12.8. The summed E-state index contributed by atoms with van der Waals surface area (Å²) in [5.41, 5.74) is 1.02. The van der Waals surface area contributed by atoms with Gasteiger partial charge in [0, 0.05) is 25.6 Å². The highest BCUT2D eigenvalue weighted by Crippen LogP contribution is 2.27. The molecule has 0 radical (unpaired) electrons. The maximum absolute atomic E-state index is 12.8. The summed E-state index contributed by atoms with van der Waals surface area (Å²) in [5.74, 6) is -1.45. The van der Waals surface area contributed by atoms with E-state index in [-0.39, 0.29) is 48.2 Å². The van der Waals surface area contributed by atoms with E-state index in [9.17, 15) is 18.0 Å². The van der Waals surface area contributed by atoms with E-state index in [1.54, 1.807) is 12.1 Å². The molecule has 1 aromatic rings. The number of carbonyl (C=O) groups excluding carboxylic acids is 1. The highest BCUT2D eigenvalue weighted by Gasteiger charge is 2.32. The molecule has 0 aromatic heterocycles. The van der Waals surface area contributed by atoms with Crippen LogP contribution in [0.4, 0.5) is 0 Å². The molecule has 2 N–H and O–H groups in total. The number of piperidine rings is 1. The van der Waals surface area contributed by atoms with Crippen LogP contribution in [0.2, 0.25) is 0 Å². The van der Waals surface area contributed by atoms with E-state index in [1.807, 2.05) is 12.1 Å². The van der Waals surface area contributed by atoms with E-state index in [1.165, 1.54) is 4.31 Å². The Bertz CT molecular complexity index is 773. The van der Waals surface area contributed by atoms with Crippen LogP contribution in [-0.4, -0.2) is 49.3 Å². The number of carboxylic acid groups (broad SMARTS) is 1. The van der Waals surface area contributed by atoms with Crippen LogP contribution in [-0.2, 0) is 25.0 Å². The van der Waals surface area contributed by atoms with Crippen molar-refractivity contribution in [3.63, 3.8) is 0 Å². The first-order valence-electron chi connectivity index (χ1n) is 9.12. The van der Waals surface area contributed by atoms with Crippen LogP contribution in [0.15, 0.2) is 29.2 Å². The van der Waals surface area contributed by atoms with E-state index in [0.717, 1.165) is 5.56 Å². The molecule has 1 amide bonds. The zero-order chi connectivity index (χ0) is 20.2. The second kappa shape index (κ2) is 8.39. The quantitative estimate of drug-likeness (QED) is 0.765. The summed E-state index contributed by atoms with van der Waals surface area (Å²) in [7, 11) is -3.58. The normalized spacial score (nSPS) is 16.9. The lowest BCUT2D eigenvalue weighted by atomic mass is 9.87. The van der Waals surface area contributed by atoms with Crippen LogP contribution < -0.4 is 5.32 Å². The largest absolute Gasteiger partial charge is 0.481 e. The standard InChI is InChI=1S/C19H28N2O5S/c1-19(2,3)15-4-6-16(7-5-15)27(25,26)21-12-9-14(10-13-21)18(24)20-11-8-17(22)23/h4-7,14H,8-13H2,1-3H3,(H,20,24)(H,22,23).